The average Bonchev–Trinajstić information content (AvgIpc) is 2.11. The van der Waals surface area contributed by atoms with Crippen molar-refractivity contribution in [1.29, 1.82) is 0 Å². The van der Waals surface area contributed by atoms with Crippen LogP contribution in [0.3, 0.4) is 0 Å². The summed E-state index contributed by atoms with van der Waals surface area (Å²) < 4.78 is 5.00. The van der Waals surface area contributed by atoms with Gasteiger partial charge in [-0.1, -0.05) is 13.8 Å². The molecule has 0 fully saturated rings. The maximum atomic E-state index is 10.3. The van der Waals surface area contributed by atoms with Crippen molar-refractivity contribution in [1.82, 2.24) is 5.32 Å². The molecule has 0 heterocycles. The Morgan fingerprint density at radius 2 is 2.08 bits per heavy atom. The lowest BCUT2D eigenvalue weighted by Crippen LogP contribution is -2.31. The van der Waals surface area contributed by atoms with E-state index in [2.05, 4.69) is 19.2 Å². The van der Waals surface area contributed by atoms with Gasteiger partial charge in [-0.25, -0.2) is 0 Å². The number of carbonyl (C=O) groups is 1. The van der Waals surface area contributed by atoms with Crippen molar-refractivity contribution in [3.63, 3.8) is 0 Å². The summed E-state index contributed by atoms with van der Waals surface area (Å²) in [4.78, 5) is 10.3. The lowest BCUT2D eigenvalue weighted by atomic mass is 10.2. The minimum Gasteiger partial charge on any atom is -0.370 e. The highest BCUT2D eigenvalue weighted by Gasteiger charge is 2.00. The summed E-state index contributed by atoms with van der Waals surface area (Å²) in [6.45, 7) is 5.63. The van der Waals surface area contributed by atoms with E-state index in [1.54, 1.807) is 0 Å². The van der Waals surface area contributed by atoms with Crippen LogP contribution in [-0.4, -0.2) is 31.7 Å². The first kappa shape index (κ1) is 12.4. The molecular weight excluding hydrogens is 168 g/mol. The van der Waals surface area contributed by atoms with Crippen LogP contribution in [0.15, 0.2) is 0 Å². The predicted molar refractivity (Wildman–Crippen MR) is 52.4 cm³/mol. The molecule has 0 aliphatic heterocycles. The van der Waals surface area contributed by atoms with Crippen molar-refractivity contribution in [2.45, 2.75) is 32.7 Å². The van der Waals surface area contributed by atoms with Crippen molar-refractivity contribution >= 4 is 5.91 Å². The molecule has 1 amide bonds. The maximum absolute atomic E-state index is 10.3. The van der Waals surface area contributed by atoms with Gasteiger partial charge >= 0.3 is 0 Å². The molecule has 4 heteroatoms. The topological polar surface area (TPSA) is 64.3 Å². The maximum Gasteiger partial charge on any atom is 0.243 e. The van der Waals surface area contributed by atoms with Gasteiger partial charge in [-0.05, 0) is 12.8 Å². The Morgan fingerprint density at radius 1 is 1.46 bits per heavy atom. The fraction of sp³-hybridized carbons (Fsp3) is 0.889. The first-order valence-electron chi connectivity index (χ1n) is 4.80. The second-order valence-electron chi connectivity index (χ2n) is 2.99. The number of hydrogen-bond donors (Lipinski definition) is 2. The summed E-state index contributed by atoms with van der Waals surface area (Å²) >= 11 is 0. The largest absolute Gasteiger partial charge is 0.370 e. The molecule has 78 valence electrons. The SMILES string of the molecule is CCC(CC)NCCOCC(N)=O. The molecule has 13 heavy (non-hydrogen) atoms. The van der Waals surface area contributed by atoms with E-state index in [1.165, 1.54) is 0 Å². The van der Waals surface area contributed by atoms with Crippen LogP contribution >= 0.6 is 0 Å². The number of nitrogens with two attached hydrogens (primary N) is 1. The fourth-order valence-corrected chi connectivity index (χ4v) is 1.09. The van der Waals surface area contributed by atoms with E-state index in [-0.39, 0.29) is 6.61 Å². The Hall–Kier alpha value is -0.610. The quantitative estimate of drug-likeness (QED) is 0.537. The monoisotopic (exact) mass is 188 g/mol. The molecule has 0 saturated carbocycles. The molecule has 0 aromatic rings. The fourth-order valence-electron chi connectivity index (χ4n) is 1.09. The average molecular weight is 188 g/mol. The van der Waals surface area contributed by atoms with E-state index >= 15 is 0 Å². The summed E-state index contributed by atoms with van der Waals surface area (Å²) in [5.41, 5.74) is 4.90. The molecule has 0 aliphatic carbocycles. The third-order valence-electron chi connectivity index (χ3n) is 1.91. The zero-order valence-electron chi connectivity index (χ0n) is 8.51. The van der Waals surface area contributed by atoms with Crippen molar-refractivity contribution < 1.29 is 9.53 Å². The normalized spacial score (nSPS) is 10.7. The van der Waals surface area contributed by atoms with Crippen LogP contribution in [0, 0.1) is 0 Å². The van der Waals surface area contributed by atoms with Crippen LogP contribution in [0.4, 0.5) is 0 Å². The van der Waals surface area contributed by atoms with Crippen molar-refractivity contribution in [2.75, 3.05) is 19.8 Å². The molecule has 4 nitrogen and oxygen atoms in total. The zero-order valence-corrected chi connectivity index (χ0v) is 8.51. The van der Waals surface area contributed by atoms with E-state index in [0.29, 0.717) is 12.6 Å². The smallest absolute Gasteiger partial charge is 0.243 e. The second-order valence-corrected chi connectivity index (χ2v) is 2.99. The molecule has 0 radical (unpaired) electrons. The van der Waals surface area contributed by atoms with Crippen LogP contribution in [0.25, 0.3) is 0 Å². The lowest BCUT2D eigenvalue weighted by Gasteiger charge is -2.13. The van der Waals surface area contributed by atoms with Crippen LogP contribution < -0.4 is 11.1 Å². The lowest BCUT2D eigenvalue weighted by molar-refractivity contribution is -0.122. The molecule has 0 spiro atoms. The first-order valence-corrected chi connectivity index (χ1v) is 4.80. The summed E-state index contributed by atoms with van der Waals surface area (Å²) in [5, 5.41) is 3.32. The van der Waals surface area contributed by atoms with Crippen molar-refractivity contribution in [2.24, 2.45) is 5.73 Å². The third-order valence-corrected chi connectivity index (χ3v) is 1.91. The van der Waals surface area contributed by atoms with Gasteiger partial charge in [0.05, 0.1) is 6.61 Å². The van der Waals surface area contributed by atoms with E-state index < -0.39 is 5.91 Å². The van der Waals surface area contributed by atoms with Crippen LogP contribution in [0.1, 0.15) is 26.7 Å². The number of amides is 1. The number of nitrogens with one attached hydrogen (secondary N) is 1. The van der Waals surface area contributed by atoms with Crippen LogP contribution in [0.2, 0.25) is 0 Å². The number of ether oxygens (including phenoxy) is 1. The van der Waals surface area contributed by atoms with Gasteiger partial charge in [-0.3, -0.25) is 4.79 Å². The van der Waals surface area contributed by atoms with Gasteiger partial charge in [-0.2, -0.15) is 0 Å². The molecule has 0 aromatic carbocycles. The molecule has 0 aromatic heterocycles. The van der Waals surface area contributed by atoms with E-state index in [4.69, 9.17) is 10.5 Å². The molecule has 0 rings (SSSR count). The Morgan fingerprint density at radius 3 is 2.54 bits per heavy atom. The minimum atomic E-state index is -0.414. The Kier molecular flexibility index (Phi) is 7.63. The Balaban J connectivity index is 3.19. The number of hydrogen-bond acceptors (Lipinski definition) is 3. The molecule has 0 bridgehead atoms. The molecule has 0 aliphatic rings. The van der Waals surface area contributed by atoms with E-state index in [0.717, 1.165) is 19.4 Å². The summed E-state index contributed by atoms with van der Waals surface area (Å²) in [6, 6.07) is 0.553. The van der Waals surface area contributed by atoms with E-state index in [1.807, 2.05) is 0 Å². The third kappa shape index (κ3) is 7.74. The van der Waals surface area contributed by atoms with E-state index in [9.17, 15) is 4.79 Å². The summed E-state index contributed by atoms with van der Waals surface area (Å²) in [6.07, 6.45) is 2.23. The van der Waals surface area contributed by atoms with Crippen LogP contribution in [-0.2, 0) is 9.53 Å². The molecule has 0 atom stereocenters. The highest BCUT2D eigenvalue weighted by atomic mass is 16.5. The van der Waals surface area contributed by atoms with Gasteiger partial charge < -0.3 is 15.8 Å². The number of rotatable bonds is 8. The van der Waals surface area contributed by atoms with Gasteiger partial charge in [0.25, 0.3) is 0 Å². The summed E-state index contributed by atoms with van der Waals surface area (Å²) in [7, 11) is 0. The molecule has 3 N–H and O–H groups in total. The molecule has 0 unspecified atom stereocenters. The Bertz CT molecular complexity index is 136. The second kappa shape index (κ2) is 8.01. The first-order chi connectivity index (χ1) is 6.20. The highest BCUT2D eigenvalue weighted by Crippen LogP contribution is 1.94. The minimum absolute atomic E-state index is 0.0184. The number of primary amides is 1. The zero-order chi connectivity index (χ0) is 10.1. The van der Waals surface area contributed by atoms with Crippen LogP contribution in [0.5, 0.6) is 0 Å². The standard InChI is InChI=1S/C9H20N2O2/c1-3-8(4-2)11-5-6-13-7-9(10)12/h8,11H,3-7H2,1-2H3,(H2,10,12). The van der Waals surface area contributed by atoms with Gasteiger partial charge in [0.2, 0.25) is 5.91 Å². The van der Waals surface area contributed by atoms with Crippen molar-refractivity contribution in [3.8, 4) is 0 Å². The van der Waals surface area contributed by atoms with Gasteiger partial charge in [-0.15, -0.1) is 0 Å². The Labute approximate surface area is 79.8 Å². The molecular formula is C9H20N2O2. The van der Waals surface area contributed by atoms with Crippen molar-refractivity contribution in [3.05, 3.63) is 0 Å². The highest BCUT2D eigenvalue weighted by molar-refractivity contribution is 5.74. The van der Waals surface area contributed by atoms with Gasteiger partial charge in [0, 0.05) is 12.6 Å². The summed E-state index contributed by atoms with van der Waals surface area (Å²) in [5.74, 6) is -0.414. The van der Waals surface area contributed by atoms with Gasteiger partial charge in [0.1, 0.15) is 6.61 Å². The predicted octanol–water partition coefficient (Wildman–Crippen LogP) is 0.267. The number of carbonyl (C=O) groups excluding carboxylic acids is 1. The molecule has 0 saturated heterocycles. The van der Waals surface area contributed by atoms with Gasteiger partial charge in [0.15, 0.2) is 0 Å².